The molecule has 0 amide bonds. The summed E-state index contributed by atoms with van der Waals surface area (Å²) >= 11 is 0. The van der Waals surface area contributed by atoms with Crippen LogP contribution in [-0.2, 0) is 0 Å². The zero-order valence-corrected chi connectivity index (χ0v) is 13.5. The van der Waals surface area contributed by atoms with Crippen LogP contribution in [-0.4, -0.2) is 0 Å². The molecule has 2 aromatic carbocycles. The van der Waals surface area contributed by atoms with Gasteiger partial charge in [0.2, 0.25) is 0 Å². The Bertz CT molecular complexity index is 780. The van der Waals surface area contributed by atoms with Crippen molar-refractivity contribution >= 4 is 0 Å². The number of rotatable bonds is 3. The van der Waals surface area contributed by atoms with E-state index in [1.165, 1.54) is 12.1 Å². The molecule has 0 nitrogen and oxygen atoms in total. The van der Waals surface area contributed by atoms with Crippen LogP contribution in [0, 0.1) is 29.2 Å². The van der Waals surface area contributed by atoms with Crippen molar-refractivity contribution in [2.24, 2.45) is 5.92 Å². The monoisotopic (exact) mass is 337 g/mol. The quantitative estimate of drug-likeness (QED) is 0.437. The smallest absolute Gasteiger partial charge is 0.194 e. The molecule has 1 aliphatic rings. The van der Waals surface area contributed by atoms with Crippen molar-refractivity contribution in [3.8, 4) is 11.1 Å². The van der Waals surface area contributed by atoms with Crippen molar-refractivity contribution in [1.82, 2.24) is 0 Å². The lowest BCUT2D eigenvalue weighted by molar-refractivity contribution is 0.318. The first kappa shape index (κ1) is 15.7. The second kappa shape index (κ2) is 6.96. The van der Waals surface area contributed by atoms with Gasteiger partial charge in [0.05, 0.1) is 1.37 Å². The van der Waals surface area contributed by atoms with E-state index in [1.807, 2.05) is 0 Å². The summed E-state index contributed by atoms with van der Waals surface area (Å²) < 4.78 is 62.4. The Hall–Kier alpha value is -1.84. The molecule has 1 aliphatic carbocycles. The van der Waals surface area contributed by atoms with E-state index in [9.17, 15) is 17.6 Å². The Labute approximate surface area is 140 Å². The molecule has 0 unspecified atom stereocenters. The molecule has 1 fully saturated rings. The maximum Gasteiger partial charge on any atom is 0.194 e. The minimum atomic E-state index is -1.71. The molecule has 0 heterocycles. The Morgan fingerprint density at radius 2 is 1.67 bits per heavy atom. The van der Waals surface area contributed by atoms with Gasteiger partial charge in [-0.15, -0.1) is 0 Å². The predicted octanol–water partition coefficient (Wildman–Crippen LogP) is 6.59. The molecule has 0 aromatic heterocycles. The third kappa shape index (κ3) is 3.33. The number of benzene rings is 2. The van der Waals surface area contributed by atoms with Gasteiger partial charge in [-0.2, -0.15) is 0 Å². The summed E-state index contributed by atoms with van der Waals surface area (Å²) in [5.74, 6) is -4.37. The van der Waals surface area contributed by atoms with Crippen LogP contribution in [0.25, 0.3) is 11.1 Å². The second-order valence-electron chi connectivity index (χ2n) is 6.52. The van der Waals surface area contributed by atoms with Gasteiger partial charge in [0.1, 0.15) is 5.82 Å². The molecule has 128 valence electrons. The highest BCUT2D eigenvalue weighted by molar-refractivity contribution is 5.65. The minimum absolute atomic E-state index is 0.0891. The molecule has 3 rings (SSSR count). The standard InChI is InChI=1S/C20H20F4/c1-2-12-3-5-13(6-4-12)14-7-8-16(17(21)9-14)15-10-18(22)20(24)19(23)11-15/h7-13H,2-6H2,1H3/i10D. The van der Waals surface area contributed by atoms with Crippen LogP contribution >= 0.6 is 0 Å². The lowest BCUT2D eigenvalue weighted by atomic mass is 9.77. The average Bonchev–Trinajstić information content (AvgIpc) is 2.63. The molecule has 0 atom stereocenters. The van der Waals surface area contributed by atoms with Gasteiger partial charge in [0, 0.05) is 5.56 Å². The van der Waals surface area contributed by atoms with Crippen LogP contribution in [0.1, 0.15) is 51.9 Å². The summed E-state index contributed by atoms with van der Waals surface area (Å²) in [7, 11) is 0. The van der Waals surface area contributed by atoms with E-state index >= 15 is 0 Å². The van der Waals surface area contributed by atoms with Gasteiger partial charge < -0.3 is 0 Å². The van der Waals surface area contributed by atoms with E-state index in [-0.39, 0.29) is 17.0 Å². The third-order valence-corrected chi connectivity index (χ3v) is 5.10. The fourth-order valence-electron chi connectivity index (χ4n) is 3.56. The van der Waals surface area contributed by atoms with Crippen LogP contribution in [0.2, 0.25) is 0 Å². The van der Waals surface area contributed by atoms with E-state index in [4.69, 9.17) is 1.37 Å². The SMILES string of the molecule is [2H]c1c(-c2ccc(C3CCC(CC)CC3)cc2F)cc(F)c(F)c1F. The average molecular weight is 337 g/mol. The number of halogens is 4. The molecule has 4 heteroatoms. The fraction of sp³-hybridized carbons (Fsp3) is 0.400. The van der Waals surface area contributed by atoms with Crippen LogP contribution in [0.3, 0.4) is 0 Å². The van der Waals surface area contributed by atoms with Crippen molar-refractivity contribution in [3.05, 3.63) is 59.1 Å². The van der Waals surface area contributed by atoms with E-state index in [0.717, 1.165) is 43.6 Å². The maximum absolute atomic E-state index is 14.6. The van der Waals surface area contributed by atoms with Crippen molar-refractivity contribution in [1.29, 1.82) is 0 Å². The van der Waals surface area contributed by atoms with Crippen molar-refractivity contribution in [2.45, 2.75) is 44.9 Å². The van der Waals surface area contributed by atoms with Gasteiger partial charge in [-0.1, -0.05) is 25.5 Å². The van der Waals surface area contributed by atoms with E-state index in [0.29, 0.717) is 6.07 Å². The van der Waals surface area contributed by atoms with Crippen LogP contribution in [0.5, 0.6) is 0 Å². The van der Waals surface area contributed by atoms with Crippen LogP contribution in [0.4, 0.5) is 17.6 Å². The summed E-state index contributed by atoms with van der Waals surface area (Å²) in [5.41, 5.74) is 0.495. The topological polar surface area (TPSA) is 0 Å². The Morgan fingerprint density at radius 3 is 2.29 bits per heavy atom. The highest BCUT2D eigenvalue weighted by Gasteiger charge is 2.22. The van der Waals surface area contributed by atoms with Gasteiger partial charge in [-0.25, -0.2) is 17.6 Å². The Balaban J connectivity index is 1.91. The summed E-state index contributed by atoms with van der Waals surface area (Å²) in [4.78, 5) is 0. The van der Waals surface area contributed by atoms with Crippen molar-refractivity contribution in [3.63, 3.8) is 0 Å². The minimum Gasteiger partial charge on any atom is -0.206 e. The predicted molar refractivity (Wildman–Crippen MR) is 86.7 cm³/mol. The molecular formula is C20H20F4. The lowest BCUT2D eigenvalue weighted by Crippen LogP contribution is -2.12. The number of hydrogen-bond acceptors (Lipinski definition) is 0. The molecule has 0 bridgehead atoms. The van der Waals surface area contributed by atoms with Crippen molar-refractivity contribution < 1.29 is 18.9 Å². The Kier molecular flexibility index (Phi) is 4.54. The molecular weight excluding hydrogens is 316 g/mol. The highest BCUT2D eigenvalue weighted by Crippen LogP contribution is 2.38. The summed E-state index contributed by atoms with van der Waals surface area (Å²) in [5, 5.41) is 0. The molecule has 0 aliphatic heterocycles. The lowest BCUT2D eigenvalue weighted by Gasteiger charge is -2.28. The molecule has 2 aromatic rings. The first-order valence-corrected chi connectivity index (χ1v) is 8.36. The van der Waals surface area contributed by atoms with Crippen LogP contribution in [0.15, 0.2) is 30.3 Å². The van der Waals surface area contributed by atoms with Gasteiger partial charge in [-0.05, 0) is 66.8 Å². The van der Waals surface area contributed by atoms with Crippen LogP contribution < -0.4 is 0 Å². The van der Waals surface area contributed by atoms with Crippen molar-refractivity contribution in [2.75, 3.05) is 0 Å². The van der Waals surface area contributed by atoms with Gasteiger partial charge in [0.15, 0.2) is 17.5 Å². The summed E-state index contributed by atoms with van der Waals surface area (Å²) in [6, 6.07) is 4.39. The first-order valence-electron chi connectivity index (χ1n) is 8.86. The highest BCUT2D eigenvalue weighted by atomic mass is 19.2. The molecule has 24 heavy (non-hydrogen) atoms. The van der Waals surface area contributed by atoms with E-state index in [2.05, 4.69) is 6.92 Å². The van der Waals surface area contributed by atoms with Gasteiger partial charge in [-0.3, -0.25) is 0 Å². The largest absolute Gasteiger partial charge is 0.206 e. The zero-order chi connectivity index (χ0) is 18.1. The molecule has 0 saturated heterocycles. The van der Waals surface area contributed by atoms with E-state index in [1.54, 1.807) is 6.07 Å². The molecule has 0 spiro atoms. The Morgan fingerprint density at radius 1 is 0.958 bits per heavy atom. The van der Waals surface area contributed by atoms with E-state index < -0.39 is 29.3 Å². The second-order valence-corrected chi connectivity index (χ2v) is 6.52. The van der Waals surface area contributed by atoms with Gasteiger partial charge in [0.25, 0.3) is 0 Å². The number of hydrogen-bond donors (Lipinski definition) is 0. The fourth-order valence-corrected chi connectivity index (χ4v) is 3.56. The normalized spacial score (nSPS) is 21.6. The molecule has 0 N–H and O–H groups in total. The molecule has 0 radical (unpaired) electrons. The van der Waals surface area contributed by atoms with Gasteiger partial charge >= 0.3 is 0 Å². The zero-order valence-electron chi connectivity index (χ0n) is 14.5. The maximum atomic E-state index is 14.6. The third-order valence-electron chi connectivity index (χ3n) is 5.10. The first-order chi connectivity index (χ1) is 11.9. The molecule has 1 saturated carbocycles. The summed E-state index contributed by atoms with van der Waals surface area (Å²) in [6.45, 7) is 2.18. The summed E-state index contributed by atoms with van der Waals surface area (Å²) in [6.07, 6.45) is 5.40.